The number of nitrogens with one attached hydrogen (secondary N) is 1. The van der Waals surface area contributed by atoms with Crippen molar-refractivity contribution < 1.29 is 4.79 Å². The van der Waals surface area contributed by atoms with Crippen LogP contribution in [-0.2, 0) is 24.2 Å². The van der Waals surface area contributed by atoms with Gasteiger partial charge in [-0.3, -0.25) is 14.2 Å². The number of benzene rings is 1. The van der Waals surface area contributed by atoms with E-state index in [0.717, 1.165) is 23.4 Å². The summed E-state index contributed by atoms with van der Waals surface area (Å²) in [6, 6.07) is 10.1. The van der Waals surface area contributed by atoms with Gasteiger partial charge in [-0.2, -0.15) is 0 Å². The van der Waals surface area contributed by atoms with Gasteiger partial charge < -0.3 is 5.32 Å². The van der Waals surface area contributed by atoms with Crippen molar-refractivity contribution in [1.29, 1.82) is 0 Å². The second-order valence-corrected chi connectivity index (χ2v) is 8.62. The van der Waals surface area contributed by atoms with Crippen molar-refractivity contribution in [3.05, 3.63) is 51.9 Å². The van der Waals surface area contributed by atoms with E-state index in [1.807, 2.05) is 37.3 Å². The summed E-state index contributed by atoms with van der Waals surface area (Å²) in [7, 11) is 0. The number of aromatic nitrogens is 2. The molecule has 5 nitrogen and oxygen atoms in total. The van der Waals surface area contributed by atoms with Crippen LogP contribution < -0.4 is 10.9 Å². The highest BCUT2D eigenvalue weighted by Gasteiger charge is 2.26. The Balaban J connectivity index is 1.57. The maximum Gasteiger partial charge on any atom is 0.268 e. The topological polar surface area (TPSA) is 64.0 Å². The SMILES string of the molecule is CCn1c(SCC(=O)NCCc2ccccc2)nc2c(c1=O)S[C@H](C)C2. The van der Waals surface area contributed by atoms with Crippen LogP contribution in [0.1, 0.15) is 25.1 Å². The highest BCUT2D eigenvalue weighted by atomic mass is 32.2. The third-order valence-electron chi connectivity index (χ3n) is 4.19. The van der Waals surface area contributed by atoms with Gasteiger partial charge in [0.25, 0.3) is 5.56 Å². The molecule has 0 fully saturated rings. The summed E-state index contributed by atoms with van der Waals surface area (Å²) in [5, 5.41) is 3.96. The summed E-state index contributed by atoms with van der Waals surface area (Å²) in [6.07, 6.45) is 1.62. The normalized spacial score (nSPS) is 15.7. The molecule has 26 heavy (non-hydrogen) atoms. The molecule has 138 valence electrons. The van der Waals surface area contributed by atoms with Gasteiger partial charge in [0, 0.05) is 24.8 Å². The van der Waals surface area contributed by atoms with Gasteiger partial charge in [-0.1, -0.05) is 49.0 Å². The van der Waals surface area contributed by atoms with Crippen LogP contribution in [0.5, 0.6) is 0 Å². The summed E-state index contributed by atoms with van der Waals surface area (Å²) < 4.78 is 1.67. The van der Waals surface area contributed by atoms with Gasteiger partial charge in [-0.05, 0) is 18.9 Å². The molecule has 3 rings (SSSR count). The highest BCUT2D eigenvalue weighted by Crippen LogP contribution is 2.34. The van der Waals surface area contributed by atoms with Crippen molar-refractivity contribution in [3.8, 4) is 0 Å². The number of amides is 1. The molecule has 0 saturated carbocycles. The molecule has 1 aliphatic heterocycles. The zero-order valence-electron chi connectivity index (χ0n) is 15.0. The second-order valence-electron chi connectivity index (χ2n) is 6.23. The van der Waals surface area contributed by atoms with Gasteiger partial charge in [0.2, 0.25) is 5.91 Å². The maximum absolute atomic E-state index is 12.6. The first kappa shape index (κ1) is 19.0. The molecule has 2 aromatic rings. The Morgan fingerprint density at radius 3 is 2.88 bits per heavy atom. The third-order valence-corrected chi connectivity index (χ3v) is 6.38. The average molecular weight is 390 g/mol. The Morgan fingerprint density at radius 2 is 2.15 bits per heavy atom. The van der Waals surface area contributed by atoms with Crippen molar-refractivity contribution in [2.45, 2.75) is 48.5 Å². The van der Waals surface area contributed by atoms with E-state index in [1.165, 1.54) is 17.3 Å². The van der Waals surface area contributed by atoms with Crippen LogP contribution in [0.25, 0.3) is 0 Å². The molecule has 0 spiro atoms. The quantitative estimate of drug-likeness (QED) is 0.583. The van der Waals surface area contributed by atoms with E-state index in [9.17, 15) is 9.59 Å². The predicted octanol–water partition coefficient (Wildman–Crippen LogP) is 2.75. The van der Waals surface area contributed by atoms with E-state index >= 15 is 0 Å². The lowest BCUT2D eigenvalue weighted by molar-refractivity contribution is -0.118. The number of fused-ring (bicyclic) bond motifs is 1. The summed E-state index contributed by atoms with van der Waals surface area (Å²) >= 11 is 2.94. The van der Waals surface area contributed by atoms with Gasteiger partial charge >= 0.3 is 0 Å². The molecule has 1 aromatic carbocycles. The Hall–Kier alpha value is -1.73. The first-order chi connectivity index (χ1) is 12.6. The summed E-state index contributed by atoms with van der Waals surface area (Å²) in [5.74, 6) is 0.231. The smallest absolute Gasteiger partial charge is 0.268 e. The van der Waals surface area contributed by atoms with Crippen molar-refractivity contribution >= 4 is 29.4 Å². The Bertz CT molecular complexity index is 837. The second kappa shape index (κ2) is 8.77. The Morgan fingerprint density at radius 1 is 1.38 bits per heavy atom. The monoisotopic (exact) mass is 389 g/mol. The summed E-state index contributed by atoms with van der Waals surface area (Å²) in [6.45, 7) is 5.21. The van der Waals surface area contributed by atoms with Crippen LogP contribution >= 0.6 is 23.5 Å². The number of hydrogen-bond acceptors (Lipinski definition) is 5. The fourth-order valence-corrected chi connectivity index (χ4v) is 4.92. The molecule has 1 N–H and O–H groups in total. The number of nitrogens with zero attached hydrogens (tertiary/aromatic N) is 2. The fourth-order valence-electron chi connectivity index (χ4n) is 2.89. The van der Waals surface area contributed by atoms with Gasteiger partial charge in [0.15, 0.2) is 5.16 Å². The van der Waals surface area contributed by atoms with Crippen LogP contribution in [0, 0.1) is 0 Å². The van der Waals surface area contributed by atoms with Crippen LogP contribution in [0.2, 0.25) is 0 Å². The largest absolute Gasteiger partial charge is 0.355 e. The van der Waals surface area contributed by atoms with E-state index in [0.29, 0.717) is 23.5 Å². The molecule has 0 bridgehead atoms. The molecule has 0 unspecified atom stereocenters. The van der Waals surface area contributed by atoms with Gasteiger partial charge in [-0.25, -0.2) is 4.98 Å². The number of carbonyl (C=O) groups excluding carboxylic acids is 1. The molecule has 1 aliphatic rings. The minimum atomic E-state index is -0.0360. The van der Waals surface area contributed by atoms with Gasteiger partial charge in [0.1, 0.15) is 0 Å². The van der Waals surface area contributed by atoms with E-state index in [-0.39, 0.29) is 17.2 Å². The highest BCUT2D eigenvalue weighted by molar-refractivity contribution is 8.00. The predicted molar refractivity (Wildman–Crippen MR) is 107 cm³/mol. The molecule has 7 heteroatoms. The van der Waals surface area contributed by atoms with Crippen molar-refractivity contribution in [2.24, 2.45) is 0 Å². The minimum Gasteiger partial charge on any atom is -0.355 e. The van der Waals surface area contributed by atoms with Crippen LogP contribution in [0.4, 0.5) is 0 Å². The minimum absolute atomic E-state index is 0.0267. The van der Waals surface area contributed by atoms with E-state index in [1.54, 1.807) is 16.3 Å². The molecule has 0 radical (unpaired) electrons. The summed E-state index contributed by atoms with van der Waals surface area (Å²) in [5.41, 5.74) is 2.11. The zero-order valence-corrected chi connectivity index (χ0v) is 16.7. The lowest BCUT2D eigenvalue weighted by Crippen LogP contribution is -2.28. The fraction of sp³-hybridized carbons (Fsp3) is 0.421. The number of hydrogen-bond donors (Lipinski definition) is 1. The van der Waals surface area contributed by atoms with E-state index in [2.05, 4.69) is 17.2 Å². The Labute approximate surface area is 162 Å². The standard InChI is InChI=1S/C19H23N3O2S2/c1-3-22-18(24)17-15(11-13(2)26-17)21-19(22)25-12-16(23)20-10-9-14-7-5-4-6-8-14/h4-8,13H,3,9-12H2,1-2H3,(H,20,23)/t13-/m1/s1. The van der Waals surface area contributed by atoms with Crippen LogP contribution in [0.3, 0.4) is 0 Å². The number of rotatable bonds is 7. The molecule has 1 amide bonds. The molecule has 1 aromatic heterocycles. The maximum atomic E-state index is 12.6. The number of carbonyl (C=O) groups is 1. The summed E-state index contributed by atoms with van der Waals surface area (Å²) in [4.78, 5) is 30.2. The first-order valence-corrected chi connectivity index (χ1v) is 10.7. The lowest BCUT2D eigenvalue weighted by atomic mass is 10.1. The van der Waals surface area contributed by atoms with Gasteiger partial charge in [-0.15, -0.1) is 11.8 Å². The van der Waals surface area contributed by atoms with E-state index < -0.39 is 0 Å². The molecule has 0 saturated heterocycles. The molecule has 2 heterocycles. The molecule has 0 aliphatic carbocycles. The molecular weight excluding hydrogens is 366 g/mol. The molecular formula is C19H23N3O2S2. The van der Waals surface area contributed by atoms with Gasteiger partial charge in [0.05, 0.1) is 16.3 Å². The third kappa shape index (κ3) is 4.51. The molecule has 1 atom stereocenters. The first-order valence-electron chi connectivity index (χ1n) is 8.82. The van der Waals surface area contributed by atoms with Crippen molar-refractivity contribution in [3.63, 3.8) is 0 Å². The lowest BCUT2D eigenvalue weighted by Gasteiger charge is -2.11. The van der Waals surface area contributed by atoms with Crippen LogP contribution in [-0.4, -0.2) is 33.0 Å². The van der Waals surface area contributed by atoms with E-state index in [4.69, 9.17) is 0 Å². The Kier molecular flexibility index (Phi) is 6.43. The average Bonchev–Trinajstić information content (AvgIpc) is 3.01. The number of thioether (sulfide) groups is 2. The van der Waals surface area contributed by atoms with Crippen LogP contribution in [0.15, 0.2) is 45.2 Å². The zero-order chi connectivity index (χ0) is 18.5. The van der Waals surface area contributed by atoms with Crippen molar-refractivity contribution in [2.75, 3.05) is 12.3 Å². The van der Waals surface area contributed by atoms with Crippen molar-refractivity contribution in [1.82, 2.24) is 14.9 Å².